The van der Waals surface area contributed by atoms with Gasteiger partial charge in [-0.3, -0.25) is 9.59 Å². The molecule has 2 fully saturated rings. The summed E-state index contributed by atoms with van der Waals surface area (Å²) in [5.41, 5.74) is 1.24. The lowest BCUT2D eigenvalue weighted by molar-refractivity contribution is -0.146. The van der Waals surface area contributed by atoms with Gasteiger partial charge in [-0.05, 0) is 61.3 Å². The first-order valence-electron chi connectivity index (χ1n) is 13.3. The van der Waals surface area contributed by atoms with Crippen molar-refractivity contribution in [2.24, 2.45) is 5.92 Å². The fourth-order valence-electron chi connectivity index (χ4n) is 5.60. The van der Waals surface area contributed by atoms with Crippen molar-refractivity contribution in [2.45, 2.75) is 90.0 Å². The van der Waals surface area contributed by atoms with Gasteiger partial charge in [0.1, 0.15) is 5.75 Å². The number of likely N-dealkylation sites (tertiary alicyclic amines) is 1. The van der Waals surface area contributed by atoms with Crippen LogP contribution in [0, 0.1) is 5.92 Å². The van der Waals surface area contributed by atoms with Gasteiger partial charge in [-0.25, -0.2) is 0 Å². The van der Waals surface area contributed by atoms with Gasteiger partial charge in [0.2, 0.25) is 5.91 Å². The van der Waals surface area contributed by atoms with Gasteiger partial charge in [-0.2, -0.15) is 0 Å². The molecule has 6 nitrogen and oxygen atoms in total. The molecule has 1 saturated carbocycles. The van der Waals surface area contributed by atoms with Gasteiger partial charge in [-0.1, -0.05) is 52.2 Å². The number of esters is 1. The molecular formula is C28H44N2O4. The number of amides is 1. The first-order chi connectivity index (χ1) is 16.3. The number of benzene rings is 1. The predicted octanol–water partition coefficient (Wildman–Crippen LogP) is 4.89. The number of phenolic OH excluding ortho intramolecular Hbond substituents is 1. The van der Waals surface area contributed by atoms with Crippen LogP contribution in [0.15, 0.2) is 24.3 Å². The Morgan fingerprint density at radius 1 is 1.21 bits per heavy atom. The quantitative estimate of drug-likeness (QED) is 0.491. The lowest BCUT2D eigenvalue weighted by Crippen LogP contribution is -2.51. The minimum atomic E-state index is -0.269. The molecule has 190 valence electrons. The first kappa shape index (κ1) is 26.5. The van der Waals surface area contributed by atoms with Crippen molar-refractivity contribution in [3.8, 4) is 5.75 Å². The Morgan fingerprint density at radius 2 is 1.97 bits per heavy atom. The van der Waals surface area contributed by atoms with Crippen molar-refractivity contribution in [3.63, 3.8) is 0 Å². The summed E-state index contributed by atoms with van der Waals surface area (Å²) in [6, 6.07) is 7.99. The van der Waals surface area contributed by atoms with Crippen LogP contribution in [0.5, 0.6) is 5.75 Å². The maximum atomic E-state index is 13.2. The maximum absolute atomic E-state index is 13.2. The molecule has 1 aromatic rings. The number of ether oxygens (including phenoxy) is 1. The highest BCUT2D eigenvalue weighted by molar-refractivity contribution is 5.81. The van der Waals surface area contributed by atoms with E-state index >= 15 is 0 Å². The van der Waals surface area contributed by atoms with Gasteiger partial charge < -0.3 is 19.6 Å². The number of carbonyl (C=O) groups excluding carboxylic acids is 2. The van der Waals surface area contributed by atoms with Crippen molar-refractivity contribution in [2.75, 3.05) is 32.8 Å². The Labute approximate surface area is 205 Å². The molecule has 1 aliphatic carbocycles. The molecule has 0 aromatic heterocycles. The molecule has 1 saturated heterocycles. The molecule has 0 bridgehead atoms. The smallest absolute Gasteiger partial charge is 0.306 e. The van der Waals surface area contributed by atoms with E-state index in [1.54, 1.807) is 6.07 Å². The van der Waals surface area contributed by atoms with E-state index in [0.717, 1.165) is 51.9 Å². The Hall–Kier alpha value is -2.08. The first-order valence-corrected chi connectivity index (χ1v) is 13.3. The Morgan fingerprint density at radius 3 is 2.65 bits per heavy atom. The van der Waals surface area contributed by atoms with E-state index in [-0.39, 0.29) is 30.1 Å². The average Bonchev–Trinajstić information content (AvgIpc) is 2.84. The fraction of sp³-hybridized carbons (Fsp3) is 0.714. The topological polar surface area (TPSA) is 70.1 Å². The van der Waals surface area contributed by atoms with Gasteiger partial charge >= 0.3 is 5.97 Å². The van der Waals surface area contributed by atoms with Crippen LogP contribution in [0.4, 0.5) is 0 Å². The summed E-state index contributed by atoms with van der Waals surface area (Å²) in [7, 11) is 0. The number of aromatic hydroxyl groups is 1. The molecule has 2 aliphatic rings. The Bertz CT molecular complexity index is 807. The summed E-state index contributed by atoms with van der Waals surface area (Å²) in [4.78, 5) is 29.6. The minimum absolute atomic E-state index is 0.0347. The minimum Gasteiger partial charge on any atom is -0.508 e. The molecule has 2 atom stereocenters. The lowest BCUT2D eigenvalue weighted by atomic mass is 9.68. The molecule has 1 heterocycles. The summed E-state index contributed by atoms with van der Waals surface area (Å²) < 4.78 is 5.16. The molecule has 3 rings (SSSR count). The summed E-state index contributed by atoms with van der Waals surface area (Å²) in [6.45, 7) is 10.5. The van der Waals surface area contributed by atoms with Crippen LogP contribution in [-0.4, -0.2) is 65.6 Å². The van der Waals surface area contributed by atoms with Crippen molar-refractivity contribution < 1.29 is 19.4 Å². The SMILES string of the molecule is CCCOC(=O)CCC(=O)N(CCN1CCC(C)(c2cccc(O)c2)C(C)C1)C1CCCCC1. The summed E-state index contributed by atoms with van der Waals surface area (Å²) in [5.74, 6) is 0.591. The van der Waals surface area contributed by atoms with E-state index in [1.165, 1.54) is 24.8 Å². The van der Waals surface area contributed by atoms with E-state index in [0.29, 0.717) is 24.3 Å². The van der Waals surface area contributed by atoms with E-state index in [2.05, 4.69) is 29.7 Å². The van der Waals surface area contributed by atoms with Crippen LogP contribution in [0.3, 0.4) is 0 Å². The molecule has 0 radical (unpaired) electrons. The van der Waals surface area contributed by atoms with Crippen LogP contribution in [0.2, 0.25) is 0 Å². The normalized spacial score (nSPS) is 24.0. The third-order valence-electron chi connectivity index (χ3n) is 8.08. The van der Waals surface area contributed by atoms with Crippen LogP contribution < -0.4 is 0 Å². The van der Waals surface area contributed by atoms with Gasteiger partial charge in [0.15, 0.2) is 0 Å². The third-order valence-corrected chi connectivity index (χ3v) is 8.08. The largest absolute Gasteiger partial charge is 0.508 e. The number of rotatable bonds is 10. The molecule has 1 aromatic carbocycles. The number of phenols is 1. The van der Waals surface area contributed by atoms with Gasteiger partial charge in [-0.15, -0.1) is 0 Å². The average molecular weight is 473 g/mol. The molecule has 1 aliphatic heterocycles. The van der Waals surface area contributed by atoms with Crippen molar-refractivity contribution in [1.29, 1.82) is 0 Å². The van der Waals surface area contributed by atoms with E-state index in [1.807, 2.05) is 19.1 Å². The van der Waals surface area contributed by atoms with Gasteiger partial charge in [0, 0.05) is 32.1 Å². The molecule has 6 heteroatoms. The molecule has 2 unspecified atom stereocenters. The second-order valence-electron chi connectivity index (χ2n) is 10.5. The zero-order chi connectivity index (χ0) is 24.6. The van der Waals surface area contributed by atoms with Gasteiger partial charge in [0.25, 0.3) is 0 Å². The fourth-order valence-corrected chi connectivity index (χ4v) is 5.60. The van der Waals surface area contributed by atoms with E-state index in [4.69, 9.17) is 4.74 Å². The molecule has 1 N–H and O–H groups in total. The summed E-state index contributed by atoms with van der Waals surface area (Å²) in [6.07, 6.45) is 7.97. The summed E-state index contributed by atoms with van der Waals surface area (Å²) in [5, 5.41) is 9.96. The number of carbonyl (C=O) groups is 2. The van der Waals surface area contributed by atoms with Crippen molar-refractivity contribution in [1.82, 2.24) is 9.80 Å². The highest BCUT2D eigenvalue weighted by atomic mass is 16.5. The van der Waals surface area contributed by atoms with E-state index < -0.39 is 0 Å². The molecule has 1 amide bonds. The van der Waals surface area contributed by atoms with E-state index in [9.17, 15) is 14.7 Å². The number of hydrogen-bond donors (Lipinski definition) is 1. The van der Waals surface area contributed by atoms with Crippen LogP contribution >= 0.6 is 0 Å². The Balaban J connectivity index is 1.57. The summed E-state index contributed by atoms with van der Waals surface area (Å²) >= 11 is 0. The lowest BCUT2D eigenvalue weighted by Gasteiger charge is -2.46. The predicted molar refractivity (Wildman–Crippen MR) is 135 cm³/mol. The monoisotopic (exact) mass is 472 g/mol. The van der Waals surface area contributed by atoms with Crippen molar-refractivity contribution in [3.05, 3.63) is 29.8 Å². The molecule has 0 spiro atoms. The number of piperidine rings is 1. The maximum Gasteiger partial charge on any atom is 0.306 e. The van der Waals surface area contributed by atoms with Crippen LogP contribution in [-0.2, 0) is 19.7 Å². The zero-order valence-electron chi connectivity index (χ0n) is 21.4. The number of hydrogen-bond acceptors (Lipinski definition) is 5. The molecular weight excluding hydrogens is 428 g/mol. The highest BCUT2D eigenvalue weighted by Gasteiger charge is 2.38. The van der Waals surface area contributed by atoms with Gasteiger partial charge in [0.05, 0.1) is 13.0 Å². The van der Waals surface area contributed by atoms with Crippen LogP contribution in [0.25, 0.3) is 0 Å². The number of nitrogens with zero attached hydrogens (tertiary/aromatic N) is 2. The second kappa shape index (κ2) is 12.6. The standard InChI is InChI=1S/C28H44N2O4/c1-4-19-34-27(33)14-13-26(32)30(24-10-6-5-7-11-24)18-17-29-16-15-28(3,22(2)21-29)23-9-8-12-25(31)20-23/h8-9,12,20,22,24,31H,4-7,10-11,13-19,21H2,1-3H3. The van der Waals surface area contributed by atoms with Crippen molar-refractivity contribution >= 4 is 11.9 Å². The Kier molecular flexibility index (Phi) is 9.81. The highest BCUT2D eigenvalue weighted by Crippen LogP contribution is 2.40. The second-order valence-corrected chi connectivity index (χ2v) is 10.5. The third kappa shape index (κ3) is 6.97. The molecule has 34 heavy (non-hydrogen) atoms. The van der Waals surface area contributed by atoms with Crippen LogP contribution in [0.1, 0.15) is 84.1 Å². The zero-order valence-corrected chi connectivity index (χ0v) is 21.4.